The fourth-order valence-electron chi connectivity index (χ4n) is 6.47. The lowest BCUT2D eigenvalue weighted by Gasteiger charge is -2.13. The minimum absolute atomic E-state index is 0.599. The Hall–Kier alpha value is -6.39. The molecule has 4 nitrogen and oxygen atoms in total. The molecule has 2 heterocycles. The van der Waals surface area contributed by atoms with Crippen LogP contribution in [0.2, 0.25) is 0 Å². The second kappa shape index (κ2) is 11.2. The Bertz CT molecular complexity index is 2570. The van der Waals surface area contributed by atoms with Gasteiger partial charge in [-0.05, 0) is 63.4 Å². The molecule has 9 aromatic rings. The number of benzene rings is 7. The van der Waals surface area contributed by atoms with E-state index >= 15 is 0 Å². The summed E-state index contributed by atoms with van der Waals surface area (Å²) >= 11 is 0. The van der Waals surface area contributed by atoms with Crippen molar-refractivity contribution >= 4 is 32.7 Å². The van der Waals surface area contributed by atoms with Crippen LogP contribution in [0.25, 0.3) is 89.1 Å². The zero-order chi connectivity index (χ0) is 31.2. The Balaban J connectivity index is 1.33. The van der Waals surface area contributed by atoms with Crippen molar-refractivity contribution in [2.45, 2.75) is 0 Å². The van der Waals surface area contributed by atoms with Gasteiger partial charge in [-0.15, -0.1) is 0 Å². The number of para-hydroxylation sites is 1. The van der Waals surface area contributed by atoms with Crippen molar-refractivity contribution in [2.75, 3.05) is 0 Å². The topological polar surface area (TPSA) is 51.8 Å². The summed E-state index contributed by atoms with van der Waals surface area (Å²) in [5.74, 6) is 1.83. The fourth-order valence-corrected chi connectivity index (χ4v) is 6.47. The van der Waals surface area contributed by atoms with E-state index < -0.39 is 0 Å². The average Bonchev–Trinajstić information content (AvgIpc) is 3.54. The van der Waals surface area contributed by atoms with Crippen molar-refractivity contribution in [3.05, 3.63) is 164 Å². The first kappa shape index (κ1) is 27.0. The fraction of sp³-hybridized carbons (Fsp3) is 0. The molecule has 0 N–H and O–H groups in total. The molecule has 0 unspecified atom stereocenters. The molecule has 0 spiro atoms. The van der Waals surface area contributed by atoms with E-state index in [1.165, 1.54) is 0 Å². The smallest absolute Gasteiger partial charge is 0.164 e. The predicted molar refractivity (Wildman–Crippen MR) is 192 cm³/mol. The summed E-state index contributed by atoms with van der Waals surface area (Å²) in [4.78, 5) is 15.6. The third-order valence-electron chi connectivity index (χ3n) is 8.72. The van der Waals surface area contributed by atoms with Gasteiger partial charge in [0, 0.05) is 27.5 Å². The maximum Gasteiger partial charge on any atom is 0.164 e. The van der Waals surface area contributed by atoms with Crippen LogP contribution in [-0.2, 0) is 0 Å². The van der Waals surface area contributed by atoms with Gasteiger partial charge in [-0.1, -0.05) is 133 Å². The van der Waals surface area contributed by atoms with E-state index in [2.05, 4.69) is 121 Å². The van der Waals surface area contributed by atoms with Crippen LogP contribution in [0.15, 0.2) is 168 Å². The van der Waals surface area contributed by atoms with Gasteiger partial charge in [-0.2, -0.15) is 0 Å². The Morgan fingerprint density at radius 2 is 0.915 bits per heavy atom. The number of rotatable bonds is 5. The Labute approximate surface area is 271 Å². The lowest BCUT2D eigenvalue weighted by molar-refractivity contribution is 0.669. The maximum absolute atomic E-state index is 6.26. The van der Waals surface area contributed by atoms with E-state index in [-0.39, 0.29) is 0 Å². The minimum Gasteiger partial charge on any atom is -0.456 e. The highest BCUT2D eigenvalue weighted by Crippen LogP contribution is 2.38. The summed E-state index contributed by atoms with van der Waals surface area (Å²) in [5, 5.41) is 4.23. The number of hydrogen-bond acceptors (Lipinski definition) is 4. The highest BCUT2D eigenvalue weighted by atomic mass is 16.3. The first-order valence-electron chi connectivity index (χ1n) is 15.7. The van der Waals surface area contributed by atoms with Crippen LogP contribution in [0, 0.1) is 0 Å². The molecule has 0 radical (unpaired) electrons. The second-order valence-electron chi connectivity index (χ2n) is 11.6. The molecule has 0 saturated carbocycles. The molecule has 2 aromatic heterocycles. The van der Waals surface area contributed by atoms with Gasteiger partial charge >= 0.3 is 0 Å². The molecule has 0 fully saturated rings. The van der Waals surface area contributed by atoms with Gasteiger partial charge in [0.25, 0.3) is 0 Å². The van der Waals surface area contributed by atoms with Gasteiger partial charge in [-0.25, -0.2) is 15.0 Å². The molecular weight excluding hydrogens is 574 g/mol. The molecule has 0 aliphatic heterocycles. The van der Waals surface area contributed by atoms with Crippen LogP contribution in [-0.4, -0.2) is 15.0 Å². The van der Waals surface area contributed by atoms with Gasteiger partial charge < -0.3 is 4.42 Å². The Morgan fingerprint density at radius 3 is 1.72 bits per heavy atom. The number of hydrogen-bond donors (Lipinski definition) is 0. The van der Waals surface area contributed by atoms with E-state index in [9.17, 15) is 0 Å². The molecule has 220 valence electrons. The quantitative estimate of drug-likeness (QED) is 0.197. The van der Waals surface area contributed by atoms with E-state index in [1.807, 2.05) is 42.5 Å². The van der Waals surface area contributed by atoms with Gasteiger partial charge in [0.1, 0.15) is 11.2 Å². The number of furan rings is 1. The van der Waals surface area contributed by atoms with Gasteiger partial charge in [0.15, 0.2) is 17.5 Å². The van der Waals surface area contributed by atoms with Crippen LogP contribution in [0.3, 0.4) is 0 Å². The molecule has 7 aromatic carbocycles. The lowest BCUT2D eigenvalue weighted by Crippen LogP contribution is -2.01. The van der Waals surface area contributed by atoms with Gasteiger partial charge in [0.2, 0.25) is 0 Å². The van der Waals surface area contributed by atoms with Crippen LogP contribution >= 0.6 is 0 Å². The van der Waals surface area contributed by atoms with Crippen molar-refractivity contribution in [3.8, 4) is 56.4 Å². The molecule has 0 atom stereocenters. The zero-order valence-corrected chi connectivity index (χ0v) is 25.3. The number of aromatic nitrogens is 3. The van der Waals surface area contributed by atoms with E-state index in [0.29, 0.717) is 17.5 Å². The molecule has 9 rings (SSSR count). The summed E-state index contributed by atoms with van der Waals surface area (Å²) in [5.41, 5.74) is 8.90. The van der Waals surface area contributed by atoms with Crippen molar-refractivity contribution in [3.63, 3.8) is 0 Å². The summed E-state index contributed by atoms with van der Waals surface area (Å²) in [6.45, 7) is 0. The molecule has 0 aliphatic rings. The number of nitrogens with zero attached hydrogens (tertiary/aromatic N) is 3. The molecule has 0 aliphatic carbocycles. The van der Waals surface area contributed by atoms with E-state index in [4.69, 9.17) is 19.4 Å². The van der Waals surface area contributed by atoms with Crippen molar-refractivity contribution < 1.29 is 4.42 Å². The molecule has 0 amide bonds. The largest absolute Gasteiger partial charge is 0.456 e. The second-order valence-corrected chi connectivity index (χ2v) is 11.6. The average molecular weight is 602 g/mol. The first-order valence-corrected chi connectivity index (χ1v) is 15.7. The Kier molecular flexibility index (Phi) is 6.43. The van der Waals surface area contributed by atoms with Crippen molar-refractivity contribution in [1.29, 1.82) is 0 Å². The SMILES string of the molecule is c1ccc(-c2cccc(-c3nc(-c4cc(-c5ccccc5)cc5ccccc45)nc(-c4cccc5oc6ccccc6c45)n3)c2)cc1. The molecule has 4 heteroatoms. The van der Waals surface area contributed by atoms with Crippen LogP contribution in [0.5, 0.6) is 0 Å². The third-order valence-corrected chi connectivity index (χ3v) is 8.72. The minimum atomic E-state index is 0.599. The summed E-state index contributed by atoms with van der Waals surface area (Å²) in [7, 11) is 0. The number of fused-ring (bicyclic) bond motifs is 4. The molecule has 0 saturated heterocycles. The van der Waals surface area contributed by atoms with Crippen molar-refractivity contribution in [2.24, 2.45) is 0 Å². The summed E-state index contributed by atoms with van der Waals surface area (Å²) < 4.78 is 6.26. The third kappa shape index (κ3) is 4.84. The van der Waals surface area contributed by atoms with Crippen LogP contribution in [0.4, 0.5) is 0 Å². The highest BCUT2D eigenvalue weighted by molar-refractivity contribution is 6.12. The summed E-state index contributed by atoms with van der Waals surface area (Å²) in [6.07, 6.45) is 0. The van der Waals surface area contributed by atoms with Crippen LogP contribution < -0.4 is 0 Å². The first-order chi connectivity index (χ1) is 23.3. The van der Waals surface area contributed by atoms with Crippen molar-refractivity contribution in [1.82, 2.24) is 15.0 Å². The Morgan fingerprint density at radius 1 is 0.340 bits per heavy atom. The van der Waals surface area contributed by atoms with Crippen LogP contribution in [0.1, 0.15) is 0 Å². The lowest BCUT2D eigenvalue weighted by atomic mass is 9.96. The highest BCUT2D eigenvalue weighted by Gasteiger charge is 2.19. The van der Waals surface area contributed by atoms with Gasteiger partial charge in [0.05, 0.1) is 0 Å². The van der Waals surface area contributed by atoms with E-state index in [0.717, 1.165) is 71.7 Å². The van der Waals surface area contributed by atoms with Gasteiger partial charge in [-0.3, -0.25) is 0 Å². The normalized spacial score (nSPS) is 11.4. The monoisotopic (exact) mass is 601 g/mol. The van der Waals surface area contributed by atoms with E-state index in [1.54, 1.807) is 0 Å². The standard InChI is InChI=1S/C43H27N3O/c1-3-13-28(14-4-1)30-18-11-19-32(25-30)41-44-42(36-22-12-24-39-40(36)35-21-9-10-23-38(35)47-39)46-43(45-41)37-27-33(29-15-5-2-6-16-29)26-31-17-7-8-20-34(31)37/h1-27H. The predicted octanol–water partition coefficient (Wildman–Crippen LogP) is 11.3. The maximum atomic E-state index is 6.26. The molecule has 0 bridgehead atoms. The zero-order valence-electron chi connectivity index (χ0n) is 25.3. The summed E-state index contributed by atoms with van der Waals surface area (Å²) in [6, 6.07) is 56.3. The molecular formula is C43H27N3O. The molecule has 47 heavy (non-hydrogen) atoms.